The minimum atomic E-state index is -1.82. The number of carboxylic acid groups (broad SMARTS) is 4. The Morgan fingerprint density at radius 2 is 1.45 bits per heavy atom. The predicted octanol–water partition coefficient (Wildman–Crippen LogP) is 0.427. The summed E-state index contributed by atoms with van der Waals surface area (Å²) in [7, 11) is 2.13. The fourth-order valence-corrected chi connectivity index (χ4v) is 2.72. The smallest absolute Gasteiger partial charge is 0.414 e. The average molecular weight is 409 g/mol. The second kappa shape index (κ2) is 11.4. The number of benzene rings is 1. The maximum Gasteiger partial charge on any atom is 0.414 e. The maximum absolute atomic E-state index is 9.10. The molecule has 5 N–H and O–H groups in total. The van der Waals surface area contributed by atoms with Crippen molar-refractivity contribution < 1.29 is 39.6 Å². The topological polar surface area (TPSA) is 179 Å². The van der Waals surface area contributed by atoms with Crippen molar-refractivity contribution in [2.24, 2.45) is 13.0 Å². The first-order chi connectivity index (χ1) is 13.6. The number of aromatic nitrogens is 2. The van der Waals surface area contributed by atoms with Crippen LogP contribution in [0.4, 0.5) is 0 Å². The van der Waals surface area contributed by atoms with Crippen molar-refractivity contribution in [1.29, 1.82) is 0 Å². The summed E-state index contributed by atoms with van der Waals surface area (Å²) < 4.78 is 2.25. The molecule has 1 aliphatic heterocycles. The molecule has 0 spiro atoms. The van der Waals surface area contributed by atoms with Gasteiger partial charge in [0.25, 0.3) is 0 Å². The lowest BCUT2D eigenvalue weighted by Gasteiger charge is -2.22. The number of fused-ring (bicyclic) bond motifs is 1. The number of hydrogen-bond donors (Lipinski definition) is 5. The molecule has 11 nitrogen and oxygen atoms in total. The van der Waals surface area contributed by atoms with E-state index in [2.05, 4.69) is 41.2 Å². The van der Waals surface area contributed by atoms with Crippen LogP contribution in [-0.4, -0.2) is 66.9 Å². The number of nitrogens with zero attached hydrogens (tertiary/aromatic N) is 2. The van der Waals surface area contributed by atoms with E-state index in [-0.39, 0.29) is 0 Å². The molecular weight excluding hydrogens is 386 g/mol. The molecule has 1 saturated heterocycles. The first-order valence-corrected chi connectivity index (χ1v) is 8.67. The highest BCUT2D eigenvalue weighted by Crippen LogP contribution is 2.20. The molecule has 0 unspecified atom stereocenters. The molecule has 1 aromatic heterocycles. The van der Waals surface area contributed by atoms with Crippen molar-refractivity contribution in [3.05, 3.63) is 30.1 Å². The standard InChI is InChI=1S/C14H19N3.2C2H2O4/c1-17-13-5-3-2-4-12(13)16-14(17)10-11-6-8-15-9-7-11;2*3-1(4)2(5)6/h2-5,11,15H,6-10H2,1H3;2*(H,3,4)(H,5,6). The maximum atomic E-state index is 9.10. The number of piperidine rings is 1. The van der Waals surface area contributed by atoms with E-state index in [1.54, 1.807) is 0 Å². The molecule has 1 fully saturated rings. The van der Waals surface area contributed by atoms with Gasteiger partial charge in [-0.2, -0.15) is 0 Å². The molecule has 0 amide bonds. The molecule has 3 rings (SSSR count). The SMILES string of the molecule is Cn1c(CC2CCNCC2)nc2ccccc21.O=C(O)C(=O)O.O=C(O)C(=O)O. The first-order valence-electron chi connectivity index (χ1n) is 8.67. The molecule has 0 saturated carbocycles. The summed E-state index contributed by atoms with van der Waals surface area (Å²) in [6.45, 7) is 2.32. The Bertz CT molecular complexity index is 823. The van der Waals surface area contributed by atoms with E-state index >= 15 is 0 Å². The molecule has 2 aromatic rings. The summed E-state index contributed by atoms with van der Waals surface area (Å²) in [5.41, 5.74) is 2.37. The molecule has 29 heavy (non-hydrogen) atoms. The summed E-state index contributed by atoms with van der Waals surface area (Å²) >= 11 is 0. The van der Waals surface area contributed by atoms with Crippen LogP contribution in [0.5, 0.6) is 0 Å². The zero-order valence-electron chi connectivity index (χ0n) is 15.7. The quantitative estimate of drug-likeness (QED) is 0.436. The van der Waals surface area contributed by atoms with E-state index in [0.717, 1.165) is 30.9 Å². The third-order valence-corrected chi connectivity index (χ3v) is 4.18. The van der Waals surface area contributed by atoms with Crippen molar-refractivity contribution in [2.45, 2.75) is 19.3 Å². The number of carbonyl (C=O) groups is 4. The van der Waals surface area contributed by atoms with Crippen molar-refractivity contribution in [3.63, 3.8) is 0 Å². The Morgan fingerprint density at radius 3 is 1.90 bits per heavy atom. The monoisotopic (exact) mass is 409 g/mol. The Morgan fingerprint density at radius 1 is 0.966 bits per heavy atom. The molecule has 2 heterocycles. The van der Waals surface area contributed by atoms with Gasteiger partial charge in [-0.15, -0.1) is 0 Å². The molecule has 0 atom stereocenters. The summed E-state index contributed by atoms with van der Waals surface area (Å²) in [6, 6.07) is 8.39. The zero-order valence-corrected chi connectivity index (χ0v) is 15.7. The van der Waals surface area contributed by atoms with Crippen LogP contribution >= 0.6 is 0 Å². The number of hydrogen-bond acceptors (Lipinski definition) is 6. The Labute approximate surface area is 165 Å². The second-order valence-corrected chi connectivity index (χ2v) is 6.19. The number of para-hydroxylation sites is 2. The molecule has 0 radical (unpaired) electrons. The van der Waals surface area contributed by atoms with Gasteiger partial charge in [-0.3, -0.25) is 0 Å². The summed E-state index contributed by atoms with van der Waals surface area (Å²) in [5.74, 6) is -5.26. The molecule has 11 heteroatoms. The Kier molecular flexibility index (Phi) is 9.26. The van der Waals surface area contributed by atoms with Gasteiger partial charge in [0.2, 0.25) is 0 Å². The highest BCUT2D eigenvalue weighted by molar-refractivity contribution is 6.27. The molecule has 158 valence electrons. The normalized spacial score (nSPS) is 13.4. The summed E-state index contributed by atoms with van der Waals surface area (Å²) in [6.07, 6.45) is 3.68. The van der Waals surface area contributed by atoms with Crippen molar-refractivity contribution >= 4 is 34.9 Å². The molecule has 1 aromatic carbocycles. The fraction of sp³-hybridized carbons (Fsp3) is 0.389. The van der Waals surface area contributed by atoms with Crippen LogP contribution in [0.25, 0.3) is 11.0 Å². The Hall–Kier alpha value is -3.47. The number of aryl methyl sites for hydroxylation is 1. The second-order valence-electron chi connectivity index (χ2n) is 6.19. The van der Waals surface area contributed by atoms with Crippen molar-refractivity contribution in [1.82, 2.24) is 14.9 Å². The van der Waals surface area contributed by atoms with E-state index in [0.29, 0.717) is 0 Å². The first kappa shape index (κ1) is 23.6. The number of aliphatic carboxylic acids is 4. The van der Waals surface area contributed by atoms with E-state index in [1.807, 2.05) is 0 Å². The predicted molar refractivity (Wildman–Crippen MR) is 101 cm³/mol. The van der Waals surface area contributed by atoms with Gasteiger partial charge in [0.05, 0.1) is 11.0 Å². The minimum absolute atomic E-state index is 0.798. The van der Waals surface area contributed by atoms with E-state index in [4.69, 9.17) is 44.6 Å². The van der Waals surface area contributed by atoms with Crippen LogP contribution in [0.15, 0.2) is 24.3 Å². The highest BCUT2D eigenvalue weighted by atomic mass is 16.4. The van der Waals surface area contributed by atoms with Crippen LogP contribution in [0.2, 0.25) is 0 Å². The fourth-order valence-electron chi connectivity index (χ4n) is 2.72. The van der Waals surface area contributed by atoms with Gasteiger partial charge in [0, 0.05) is 13.5 Å². The van der Waals surface area contributed by atoms with Crippen molar-refractivity contribution in [2.75, 3.05) is 13.1 Å². The van der Waals surface area contributed by atoms with Gasteiger partial charge in [-0.1, -0.05) is 12.1 Å². The van der Waals surface area contributed by atoms with Crippen LogP contribution in [0, 0.1) is 5.92 Å². The van der Waals surface area contributed by atoms with E-state index < -0.39 is 23.9 Å². The number of carboxylic acids is 4. The lowest BCUT2D eigenvalue weighted by molar-refractivity contribution is -0.159. The van der Waals surface area contributed by atoms with Gasteiger partial charge in [0.15, 0.2) is 0 Å². The molecule has 0 aliphatic carbocycles. The molecular formula is C18H23N3O8. The van der Waals surface area contributed by atoms with E-state index in [1.165, 1.54) is 24.2 Å². The van der Waals surface area contributed by atoms with Crippen LogP contribution in [0.3, 0.4) is 0 Å². The minimum Gasteiger partial charge on any atom is -0.473 e. The number of imidazole rings is 1. The van der Waals surface area contributed by atoms with Crippen LogP contribution < -0.4 is 5.32 Å². The average Bonchev–Trinajstić information content (AvgIpc) is 2.99. The lowest BCUT2D eigenvalue weighted by Crippen LogP contribution is -2.29. The van der Waals surface area contributed by atoms with Crippen LogP contribution in [-0.2, 0) is 32.6 Å². The van der Waals surface area contributed by atoms with Crippen LogP contribution in [0.1, 0.15) is 18.7 Å². The number of nitrogens with one attached hydrogen (secondary N) is 1. The van der Waals surface area contributed by atoms with E-state index in [9.17, 15) is 0 Å². The largest absolute Gasteiger partial charge is 0.473 e. The third-order valence-electron chi connectivity index (χ3n) is 4.18. The van der Waals surface area contributed by atoms with Crippen molar-refractivity contribution in [3.8, 4) is 0 Å². The number of rotatable bonds is 2. The summed E-state index contributed by atoms with van der Waals surface area (Å²) in [5, 5.41) is 33.0. The lowest BCUT2D eigenvalue weighted by atomic mass is 9.94. The zero-order chi connectivity index (χ0) is 22.0. The van der Waals surface area contributed by atoms with Gasteiger partial charge in [-0.05, 0) is 44.0 Å². The molecule has 1 aliphatic rings. The highest BCUT2D eigenvalue weighted by Gasteiger charge is 2.16. The van der Waals surface area contributed by atoms with Gasteiger partial charge < -0.3 is 30.3 Å². The third kappa shape index (κ3) is 7.97. The van der Waals surface area contributed by atoms with Gasteiger partial charge >= 0.3 is 23.9 Å². The van der Waals surface area contributed by atoms with Gasteiger partial charge in [0.1, 0.15) is 5.82 Å². The Balaban J connectivity index is 0.000000293. The summed E-state index contributed by atoms with van der Waals surface area (Å²) in [4.78, 5) is 41.1. The van der Waals surface area contributed by atoms with Gasteiger partial charge in [-0.25, -0.2) is 24.2 Å². The molecule has 0 bridgehead atoms.